The zero-order valence-electron chi connectivity index (χ0n) is 8.63. The highest BCUT2D eigenvalue weighted by Gasteiger charge is 2.22. The van der Waals surface area contributed by atoms with E-state index in [1.165, 1.54) is 12.5 Å². The summed E-state index contributed by atoms with van der Waals surface area (Å²) in [5.41, 5.74) is 0.845. The summed E-state index contributed by atoms with van der Waals surface area (Å²) in [6, 6.07) is 0. The van der Waals surface area contributed by atoms with Crippen molar-refractivity contribution in [1.29, 1.82) is 0 Å². The second kappa shape index (κ2) is 4.81. The van der Waals surface area contributed by atoms with E-state index in [0.717, 1.165) is 12.0 Å². The van der Waals surface area contributed by atoms with Crippen LogP contribution in [0.15, 0.2) is 47.8 Å². The number of rotatable bonds is 3. The normalized spacial score (nSPS) is 23.6. The van der Waals surface area contributed by atoms with Crippen LogP contribution in [0.3, 0.4) is 0 Å². The van der Waals surface area contributed by atoms with Crippen LogP contribution < -0.4 is 0 Å². The second-order valence-corrected chi connectivity index (χ2v) is 3.52. The average Bonchev–Trinajstić information content (AvgIpc) is 2.38. The monoisotopic (exact) mass is 220 g/mol. The Morgan fingerprint density at radius 2 is 2.38 bits per heavy atom. The van der Waals surface area contributed by atoms with Crippen molar-refractivity contribution in [3.05, 3.63) is 47.8 Å². The minimum absolute atomic E-state index is 0.00847. The Kier molecular flexibility index (Phi) is 3.22. The van der Waals surface area contributed by atoms with E-state index in [0.29, 0.717) is 12.0 Å². The van der Waals surface area contributed by atoms with Crippen molar-refractivity contribution >= 4 is 6.29 Å². The molecule has 0 bridgehead atoms. The highest BCUT2D eigenvalue weighted by molar-refractivity contribution is 5.70. The number of carbonyl (C=O) groups is 1. The van der Waals surface area contributed by atoms with E-state index < -0.39 is 0 Å². The number of ether oxygens (including phenoxy) is 2. The van der Waals surface area contributed by atoms with Gasteiger partial charge in [0.25, 0.3) is 0 Å². The maximum Gasteiger partial charge on any atom is 0.202 e. The molecule has 4 heteroatoms. The predicted molar refractivity (Wildman–Crippen MR) is 56.8 cm³/mol. The van der Waals surface area contributed by atoms with Gasteiger partial charge in [-0.15, -0.1) is 0 Å². The summed E-state index contributed by atoms with van der Waals surface area (Å²) in [6.07, 6.45) is 9.73. The first-order valence-corrected chi connectivity index (χ1v) is 5.02. The van der Waals surface area contributed by atoms with Crippen molar-refractivity contribution in [3.8, 4) is 0 Å². The Labute approximate surface area is 93.2 Å². The molecule has 1 heterocycles. The highest BCUT2D eigenvalue weighted by Crippen LogP contribution is 2.29. The van der Waals surface area contributed by atoms with E-state index in [1.807, 2.05) is 18.2 Å². The van der Waals surface area contributed by atoms with Crippen LogP contribution in [0.5, 0.6) is 0 Å². The molecule has 1 aliphatic carbocycles. The topological polar surface area (TPSA) is 55.8 Å². The molecule has 84 valence electrons. The van der Waals surface area contributed by atoms with Gasteiger partial charge >= 0.3 is 0 Å². The third kappa shape index (κ3) is 2.06. The van der Waals surface area contributed by atoms with Gasteiger partial charge < -0.3 is 14.6 Å². The number of aliphatic hydroxyl groups is 1. The van der Waals surface area contributed by atoms with E-state index in [2.05, 4.69) is 0 Å². The summed E-state index contributed by atoms with van der Waals surface area (Å²) < 4.78 is 10.3. The predicted octanol–water partition coefficient (Wildman–Crippen LogP) is 1.41. The molecule has 0 saturated heterocycles. The van der Waals surface area contributed by atoms with E-state index in [9.17, 15) is 9.90 Å². The number of hydrogen-bond donors (Lipinski definition) is 1. The maximum absolute atomic E-state index is 10.6. The first kappa shape index (κ1) is 10.7. The molecule has 1 atom stereocenters. The zero-order valence-corrected chi connectivity index (χ0v) is 8.63. The molecule has 0 spiro atoms. The number of aldehydes is 1. The fourth-order valence-corrected chi connectivity index (χ4v) is 1.65. The molecule has 0 saturated carbocycles. The van der Waals surface area contributed by atoms with E-state index in [-0.39, 0.29) is 18.3 Å². The standard InChI is InChI=1S/C12H12O4/c13-5-9-3-1-2-4-11(9)12-8-15-7-10(6-14)16-12/h1-2,4,6-9,13H,3,5H2. The molecule has 4 nitrogen and oxygen atoms in total. The first-order chi connectivity index (χ1) is 7.85. The van der Waals surface area contributed by atoms with Crippen LogP contribution in [0.1, 0.15) is 6.42 Å². The van der Waals surface area contributed by atoms with Gasteiger partial charge in [-0.2, -0.15) is 0 Å². The number of carbonyl (C=O) groups excluding carboxylic acids is 1. The molecule has 0 aromatic rings. The van der Waals surface area contributed by atoms with Gasteiger partial charge in [0.2, 0.25) is 5.76 Å². The summed E-state index contributed by atoms with van der Waals surface area (Å²) in [7, 11) is 0. The number of hydrogen-bond acceptors (Lipinski definition) is 4. The number of allylic oxidation sites excluding steroid dienone is 5. The second-order valence-electron chi connectivity index (χ2n) is 3.52. The van der Waals surface area contributed by atoms with Crippen molar-refractivity contribution in [3.63, 3.8) is 0 Å². The van der Waals surface area contributed by atoms with Crippen LogP contribution in [-0.2, 0) is 14.3 Å². The molecule has 1 unspecified atom stereocenters. The van der Waals surface area contributed by atoms with Crippen molar-refractivity contribution in [2.75, 3.05) is 6.61 Å². The third-order valence-corrected chi connectivity index (χ3v) is 2.48. The summed E-state index contributed by atoms with van der Waals surface area (Å²) in [6.45, 7) is 0.0387. The quantitative estimate of drug-likeness (QED) is 0.730. The Morgan fingerprint density at radius 1 is 1.50 bits per heavy atom. The minimum atomic E-state index is -0.00847. The van der Waals surface area contributed by atoms with E-state index in [1.54, 1.807) is 0 Å². The molecular formula is C12H12O4. The molecule has 0 aromatic carbocycles. The summed E-state index contributed by atoms with van der Waals surface area (Å²) in [5, 5.41) is 9.23. The molecule has 1 aliphatic heterocycles. The van der Waals surface area contributed by atoms with Crippen molar-refractivity contribution in [1.82, 2.24) is 0 Å². The maximum atomic E-state index is 10.6. The van der Waals surface area contributed by atoms with Gasteiger partial charge in [0, 0.05) is 11.5 Å². The molecular weight excluding hydrogens is 208 g/mol. The Balaban J connectivity index is 2.18. The SMILES string of the molecule is O=CC1=COC=C(C2=CC=CCC2CO)O1. The van der Waals surface area contributed by atoms with Gasteiger partial charge in [0.05, 0.1) is 6.61 Å². The molecule has 16 heavy (non-hydrogen) atoms. The fraction of sp³-hybridized carbons (Fsp3) is 0.250. The Morgan fingerprint density at radius 3 is 3.12 bits per heavy atom. The largest absolute Gasteiger partial charge is 0.465 e. The molecule has 2 aliphatic rings. The Bertz CT molecular complexity index is 401. The molecule has 0 amide bonds. The summed E-state index contributed by atoms with van der Waals surface area (Å²) >= 11 is 0. The number of aliphatic hydroxyl groups excluding tert-OH is 1. The summed E-state index contributed by atoms with van der Waals surface area (Å²) in [4.78, 5) is 10.6. The van der Waals surface area contributed by atoms with E-state index in [4.69, 9.17) is 9.47 Å². The Hall–Kier alpha value is -1.81. The van der Waals surface area contributed by atoms with Gasteiger partial charge in [-0.1, -0.05) is 18.2 Å². The lowest BCUT2D eigenvalue weighted by molar-refractivity contribution is -0.107. The van der Waals surface area contributed by atoms with Crippen molar-refractivity contribution < 1.29 is 19.4 Å². The van der Waals surface area contributed by atoms with Gasteiger partial charge in [-0.3, -0.25) is 4.79 Å². The molecule has 0 fully saturated rings. The highest BCUT2D eigenvalue weighted by atomic mass is 16.5. The zero-order chi connectivity index (χ0) is 11.4. The van der Waals surface area contributed by atoms with Crippen LogP contribution in [0, 0.1) is 5.92 Å². The van der Waals surface area contributed by atoms with Crippen LogP contribution in [0.2, 0.25) is 0 Å². The first-order valence-electron chi connectivity index (χ1n) is 5.02. The van der Waals surface area contributed by atoms with Gasteiger partial charge in [0.1, 0.15) is 12.5 Å². The molecule has 0 radical (unpaired) electrons. The summed E-state index contributed by atoms with van der Waals surface area (Å²) in [5.74, 6) is 0.600. The lowest BCUT2D eigenvalue weighted by Crippen LogP contribution is -2.15. The van der Waals surface area contributed by atoms with Crippen molar-refractivity contribution in [2.24, 2.45) is 5.92 Å². The molecule has 2 rings (SSSR count). The lowest BCUT2D eigenvalue weighted by Gasteiger charge is -2.22. The van der Waals surface area contributed by atoms with Crippen LogP contribution >= 0.6 is 0 Å². The molecule has 0 aromatic heterocycles. The lowest BCUT2D eigenvalue weighted by atomic mass is 9.91. The van der Waals surface area contributed by atoms with Crippen LogP contribution in [0.4, 0.5) is 0 Å². The smallest absolute Gasteiger partial charge is 0.202 e. The van der Waals surface area contributed by atoms with Gasteiger partial charge in [-0.25, -0.2) is 0 Å². The molecule has 1 N–H and O–H groups in total. The van der Waals surface area contributed by atoms with Gasteiger partial charge in [-0.05, 0) is 6.42 Å². The van der Waals surface area contributed by atoms with Crippen LogP contribution in [0.25, 0.3) is 0 Å². The fourth-order valence-electron chi connectivity index (χ4n) is 1.65. The third-order valence-electron chi connectivity index (χ3n) is 2.48. The van der Waals surface area contributed by atoms with Gasteiger partial charge in [0.15, 0.2) is 12.0 Å². The van der Waals surface area contributed by atoms with E-state index >= 15 is 0 Å². The van der Waals surface area contributed by atoms with Crippen LogP contribution in [-0.4, -0.2) is 18.0 Å². The average molecular weight is 220 g/mol. The minimum Gasteiger partial charge on any atom is -0.465 e. The van der Waals surface area contributed by atoms with Crippen molar-refractivity contribution in [2.45, 2.75) is 6.42 Å².